The van der Waals surface area contributed by atoms with Gasteiger partial charge < -0.3 is 10.3 Å². The highest BCUT2D eigenvalue weighted by Gasteiger charge is 2.07. The minimum Gasteiger partial charge on any atom is -0.352 e. The number of carbonyl (C=O) groups is 1. The molecule has 22 heavy (non-hydrogen) atoms. The average Bonchev–Trinajstić information content (AvgIpc) is 2.89. The van der Waals surface area contributed by atoms with Crippen molar-refractivity contribution in [2.75, 3.05) is 6.54 Å². The summed E-state index contributed by atoms with van der Waals surface area (Å²) in [7, 11) is 0. The molecule has 1 heterocycles. The molecular formula is C16H13FIN3O. The van der Waals surface area contributed by atoms with E-state index in [9.17, 15) is 9.18 Å². The van der Waals surface area contributed by atoms with Gasteiger partial charge >= 0.3 is 0 Å². The Kier molecular flexibility index (Phi) is 4.37. The van der Waals surface area contributed by atoms with Crippen molar-refractivity contribution in [3.05, 3.63) is 63.2 Å². The molecule has 0 fully saturated rings. The number of amides is 1. The summed E-state index contributed by atoms with van der Waals surface area (Å²) < 4.78 is 14.2. The Morgan fingerprint density at radius 3 is 2.77 bits per heavy atom. The first-order valence-electron chi connectivity index (χ1n) is 6.80. The molecule has 0 saturated heterocycles. The Morgan fingerprint density at radius 2 is 2.00 bits per heavy atom. The van der Waals surface area contributed by atoms with Crippen molar-refractivity contribution in [1.82, 2.24) is 15.3 Å². The third-order valence-corrected chi connectivity index (χ3v) is 3.97. The number of hydrogen-bond acceptors (Lipinski definition) is 2. The standard InChI is InChI=1S/C16H13FIN3O/c17-11-3-6-13-14(9-11)21-15(20-13)7-8-19-16(22)10-1-4-12(18)5-2-10/h1-6,9H,7-8H2,(H,19,22)(H,20,21). The number of aromatic nitrogens is 2. The van der Waals surface area contributed by atoms with Gasteiger partial charge in [0.05, 0.1) is 11.0 Å². The molecule has 0 bridgehead atoms. The first-order chi connectivity index (χ1) is 10.6. The van der Waals surface area contributed by atoms with Gasteiger partial charge in [-0.05, 0) is 65.1 Å². The van der Waals surface area contributed by atoms with Crippen molar-refractivity contribution in [3.63, 3.8) is 0 Å². The van der Waals surface area contributed by atoms with Crippen LogP contribution in [0.1, 0.15) is 16.2 Å². The number of halogens is 2. The highest BCUT2D eigenvalue weighted by atomic mass is 127. The number of fused-ring (bicyclic) bond motifs is 1. The van der Waals surface area contributed by atoms with Crippen LogP contribution in [0.2, 0.25) is 0 Å². The molecule has 3 rings (SSSR count). The van der Waals surface area contributed by atoms with Crippen LogP contribution in [-0.2, 0) is 6.42 Å². The van der Waals surface area contributed by atoms with Crippen molar-refractivity contribution in [2.45, 2.75) is 6.42 Å². The van der Waals surface area contributed by atoms with E-state index in [0.717, 1.165) is 14.9 Å². The Hall–Kier alpha value is -1.96. The van der Waals surface area contributed by atoms with Gasteiger partial charge in [-0.2, -0.15) is 0 Å². The summed E-state index contributed by atoms with van der Waals surface area (Å²) in [4.78, 5) is 19.4. The monoisotopic (exact) mass is 409 g/mol. The van der Waals surface area contributed by atoms with Gasteiger partial charge in [-0.1, -0.05) is 0 Å². The van der Waals surface area contributed by atoms with E-state index in [1.165, 1.54) is 12.1 Å². The quantitative estimate of drug-likeness (QED) is 0.650. The van der Waals surface area contributed by atoms with E-state index in [1.54, 1.807) is 18.2 Å². The predicted octanol–water partition coefficient (Wildman–Crippen LogP) is 3.28. The lowest BCUT2D eigenvalue weighted by Crippen LogP contribution is -2.25. The fourth-order valence-corrected chi connectivity index (χ4v) is 2.51. The van der Waals surface area contributed by atoms with E-state index < -0.39 is 0 Å². The molecular weight excluding hydrogens is 396 g/mol. The predicted molar refractivity (Wildman–Crippen MR) is 91.2 cm³/mol. The number of nitrogens with zero attached hydrogens (tertiary/aromatic N) is 1. The number of imidazole rings is 1. The van der Waals surface area contributed by atoms with E-state index >= 15 is 0 Å². The molecule has 6 heteroatoms. The zero-order chi connectivity index (χ0) is 15.5. The number of H-pyrrole nitrogens is 1. The van der Waals surface area contributed by atoms with E-state index in [1.807, 2.05) is 12.1 Å². The fourth-order valence-electron chi connectivity index (χ4n) is 2.15. The Labute approximate surface area is 140 Å². The lowest BCUT2D eigenvalue weighted by Gasteiger charge is -2.04. The Morgan fingerprint density at radius 1 is 1.23 bits per heavy atom. The fraction of sp³-hybridized carbons (Fsp3) is 0.125. The highest BCUT2D eigenvalue weighted by molar-refractivity contribution is 14.1. The third-order valence-electron chi connectivity index (χ3n) is 3.25. The van der Waals surface area contributed by atoms with Crippen LogP contribution >= 0.6 is 22.6 Å². The van der Waals surface area contributed by atoms with Gasteiger partial charge in [0, 0.05) is 22.1 Å². The van der Waals surface area contributed by atoms with Crippen LogP contribution in [0.3, 0.4) is 0 Å². The van der Waals surface area contributed by atoms with E-state index in [-0.39, 0.29) is 11.7 Å². The van der Waals surface area contributed by atoms with Crippen LogP contribution in [0, 0.1) is 9.39 Å². The summed E-state index contributed by atoms with van der Waals surface area (Å²) in [6.07, 6.45) is 0.562. The summed E-state index contributed by atoms with van der Waals surface area (Å²) in [6.45, 7) is 0.465. The maximum atomic E-state index is 13.1. The molecule has 112 valence electrons. The number of hydrogen-bond donors (Lipinski definition) is 2. The van der Waals surface area contributed by atoms with Gasteiger partial charge in [0.25, 0.3) is 5.91 Å². The molecule has 0 aliphatic heterocycles. The molecule has 0 saturated carbocycles. The van der Waals surface area contributed by atoms with Gasteiger partial charge in [-0.15, -0.1) is 0 Å². The lowest BCUT2D eigenvalue weighted by atomic mass is 10.2. The number of aromatic amines is 1. The average molecular weight is 409 g/mol. The van der Waals surface area contributed by atoms with Crippen LogP contribution in [0.4, 0.5) is 4.39 Å². The summed E-state index contributed by atoms with van der Waals surface area (Å²) in [5.74, 6) is 0.316. The van der Waals surface area contributed by atoms with Crippen molar-refractivity contribution in [2.24, 2.45) is 0 Å². The highest BCUT2D eigenvalue weighted by Crippen LogP contribution is 2.13. The molecule has 3 aromatic rings. The topological polar surface area (TPSA) is 57.8 Å². The minimum absolute atomic E-state index is 0.112. The summed E-state index contributed by atoms with van der Waals surface area (Å²) in [5, 5.41) is 2.85. The maximum Gasteiger partial charge on any atom is 0.251 e. The van der Waals surface area contributed by atoms with Gasteiger partial charge in [-0.25, -0.2) is 9.37 Å². The molecule has 1 amide bonds. The molecule has 2 N–H and O–H groups in total. The number of nitrogens with one attached hydrogen (secondary N) is 2. The molecule has 0 radical (unpaired) electrons. The van der Waals surface area contributed by atoms with Crippen LogP contribution in [0.5, 0.6) is 0 Å². The zero-order valence-corrected chi connectivity index (χ0v) is 13.7. The van der Waals surface area contributed by atoms with Crippen LogP contribution in [0.25, 0.3) is 11.0 Å². The molecule has 0 atom stereocenters. The first kappa shape index (κ1) is 15.0. The van der Waals surface area contributed by atoms with Crippen molar-refractivity contribution >= 4 is 39.5 Å². The molecule has 0 aliphatic carbocycles. The summed E-state index contributed by atoms with van der Waals surface area (Å²) in [6, 6.07) is 11.8. The largest absolute Gasteiger partial charge is 0.352 e. The molecule has 0 aliphatic rings. The smallest absolute Gasteiger partial charge is 0.251 e. The molecule has 4 nitrogen and oxygen atoms in total. The SMILES string of the molecule is O=C(NCCc1nc2ccc(F)cc2[nH]1)c1ccc(I)cc1. The van der Waals surface area contributed by atoms with Crippen molar-refractivity contribution < 1.29 is 9.18 Å². The van der Waals surface area contributed by atoms with E-state index in [4.69, 9.17) is 0 Å². The van der Waals surface area contributed by atoms with E-state index in [0.29, 0.717) is 24.0 Å². The van der Waals surface area contributed by atoms with E-state index in [2.05, 4.69) is 37.9 Å². The second-order valence-electron chi connectivity index (χ2n) is 4.86. The molecule has 2 aromatic carbocycles. The minimum atomic E-state index is -0.297. The third kappa shape index (κ3) is 3.44. The van der Waals surface area contributed by atoms with Crippen molar-refractivity contribution in [3.8, 4) is 0 Å². The van der Waals surface area contributed by atoms with Gasteiger partial charge in [0.1, 0.15) is 11.6 Å². The second kappa shape index (κ2) is 6.43. The summed E-state index contributed by atoms with van der Waals surface area (Å²) in [5.41, 5.74) is 2.02. The van der Waals surface area contributed by atoms with Crippen LogP contribution in [-0.4, -0.2) is 22.4 Å². The maximum absolute atomic E-state index is 13.1. The number of carbonyl (C=O) groups excluding carboxylic acids is 1. The van der Waals surface area contributed by atoms with Crippen molar-refractivity contribution in [1.29, 1.82) is 0 Å². The Bertz CT molecular complexity index is 814. The summed E-state index contributed by atoms with van der Waals surface area (Å²) >= 11 is 2.19. The lowest BCUT2D eigenvalue weighted by molar-refractivity contribution is 0.0954. The normalized spacial score (nSPS) is 10.8. The number of rotatable bonds is 4. The molecule has 0 spiro atoms. The zero-order valence-electron chi connectivity index (χ0n) is 11.6. The van der Waals surface area contributed by atoms with Crippen LogP contribution in [0.15, 0.2) is 42.5 Å². The van der Waals surface area contributed by atoms with Crippen LogP contribution < -0.4 is 5.32 Å². The van der Waals surface area contributed by atoms with Gasteiger partial charge in [0.2, 0.25) is 0 Å². The first-order valence-corrected chi connectivity index (χ1v) is 7.87. The van der Waals surface area contributed by atoms with Gasteiger partial charge in [0.15, 0.2) is 0 Å². The second-order valence-corrected chi connectivity index (χ2v) is 6.10. The Balaban J connectivity index is 1.59. The molecule has 1 aromatic heterocycles. The van der Waals surface area contributed by atoms with Gasteiger partial charge in [-0.3, -0.25) is 4.79 Å². The number of benzene rings is 2. The molecule has 0 unspecified atom stereocenters.